The van der Waals surface area contributed by atoms with E-state index in [-0.39, 0.29) is 5.56 Å². The van der Waals surface area contributed by atoms with Gasteiger partial charge in [0.05, 0.1) is 21.6 Å². The van der Waals surface area contributed by atoms with Crippen molar-refractivity contribution in [2.45, 2.75) is 0 Å². The average molecular weight is 272 g/mol. The molecule has 4 nitrogen and oxygen atoms in total. The van der Waals surface area contributed by atoms with Crippen molar-refractivity contribution in [2.75, 3.05) is 5.73 Å². The Bertz CT molecular complexity index is 826. The molecule has 1 heterocycles. The summed E-state index contributed by atoms with van der Waals surface area (Å²) in [4.78, 5) is 16.7. The summed E-state index contributed by atoms with van der Waals surface area (Å²) in [5, 5.41) is 0.997. The molecule has 0 aliphatic heterocycles. The van der Waals surface area contributed by atoms with Crippen molar-refractivity contribution in [3.05, 3.63) is 64.2 Å². The maximum Gasteiger partial charge on any atom is 0.265 e. The molecule has 0 radical (unpaired) electrons. The van der Waals surface area contributed by atoms with Crippen molar-refractivity contribution in [2.24, 2.45) is 0 Å². The lowest BCUT2D eigenvalue weighted by Gasteiger charge is -2.09. The molecule has 1 aromatic heterocycles. The molecule has 0 spiro atoms. The number of halogens is 1. The van der Waals surface area contributed by atoms with E-state index in [1.165, 1.54) is 10.9 Å². The van der Waals surface area contributed by atoms with Gasteiger partial charge in [0.25, 0.3) is 5.56 Å². The highest BCUT2D eigenvalue weighted by molar-refractivity contribution is 6.32. The van der Waals surface area contributed by atoms with E-state index in [1.807, 2.05) is 6.07 Å². The summed E-state index contributed by atoms with van der Waals surface area (Å²) in [5.74, 6) is 0. The van der Waals surface area contributed by atoms with Crippen LogP contribution in [0.2, 0.25) is 5.02 Å². The number of nitrogens with two attached hydrogens (primary N) is 1. The van der Waals surface area contributed by atoms with Gasteiger partial charge < -0.3 is 5.73 Å². The zero-order chi connectivity index (χ0) is 13.4. The third kappa shape index (κ3) is 1.96. The molecule has 94 valence electrons. The Labute approximate surface area is 114 Å². The first-order valence-corrected chi connectivity index (χ1v) is 6.06. The number of nitrogen functional groups attached to an aromatic ring is 1. The summed E-state index contributed by atoms with van der Waals surface area (Å²) in [7, 11) is 0. The van der Waals surface area contributed by atoms with Crippen molar-refractivity contribution >= 4 is 28.2 Å². The number of fused-ring (bicyclic) bond motifs is 1. The van der Waals surface area contributed by atoms with E-state index in [4.69, 9.17) is 17.3 Å². The van der Waals surface area contributed by atoms with Crippen LogP contribution in [-0.4, -0.2) is 9.55 Å². The van der Waals surface area contributed by atoms with Crippen LogP contribution in [0.5, 0.6) is 0 Å². The van der Waals surface area contributed by atoms with Gasteiger partial charge in [-0.1, -0.05) is 23.7 Å². The van der Waals surface area contributed by atoms with Crippen molar-refractivity contribution in [1.29, 1.82) is 0 Å². The Morgan fingerprint density at radius 1 is 1.16 bits per heavy atom. The Morgan fingerprint density at radius 2 is 1.95 bits per heavy atom. The lowest BCUT2D eigenvalue weighted by molar-refractivity contribution is 0.964. The fourth-order valence-electron chi connectivity index (χ4n) is 1.96. The lowest BCUT2D eigenvalue weighted by atomic mass is 10.2. The van der Waals surface area contributed by atoms with Gasteiger partial charge >= 0.3 is 0 Å². The fraction of sp³-hybridized carbons (Fsp3) is 0. The van der Waals surface area contributed by atoms with Crippen LogP contribution in [0.25, 0.3) is 16.6 Å². The van der Waals surface area contributed by atoms with Gasteiger partial charge in [0.1, 0.15) is 6.33 Å². The van der Waals surface area contributed by atoms with E-state index in [0.29, 0.717) is 27.3 Å². The van der Waals surface area contributed by atoms with Gasteiger partial charge in [0.2, 0.25) is 0 Å². The summed E-state index contributed by atoms with van der Waals surface area (Å²) >= 11 is 6.11. The summed E-state index contributed by atoms with van der Waals surface area (Å²) in [6.07, 6.45) is 1.46. The smallest absolute Gasteiger partial charge is 0.265 e. The summed E-state index contributed by atoms with van der Waals surface area (Å²) in [6, 6.07) is 12.2. The molecule has 0 aliphatic rings. The predicted molar refractivity (Wildman–Crippen MR) is 76.8 cm³/mol. The SMILES string of the molecule is Nc1ccc(Cl)c(-n2cnc3ccccc3c2=O)c1. The third-order valence-electron chi connectivity index (χ3n) is 2.90. The molecule has 0 aliphatic carbocycles. The van der Waals surface area contributed by atoms with E-state index in [1.54, 1.807) is 36.4 Å². The second kappa shape index (κ2) is 4.40. The van der Waals surface area contributed by atoms with Crippen LogP contribution in [0.4, 0.5) is 5.69 Å². The van der Waals surface area contributed by atoms with Crippen LogP contribution in [-0.2, 0) is 0 Å². The second-order valence-electron chi connectivity index (χ2n) is 4.15. The average Bonchev–Trinajstić information content (AvgIpc) is 2.43. The number of anilines is 1. The molecule has 3 aromatic rings. The molecular formula is C14H10ClN3O. The van der Waals surface area contributed by atoms with Crippen molar-refractivity contribution < 1.29 is 0 Å². The maximum absolute atomic E-state index is 12.4. The van der Waals surface area contributed by atoms with E-state index >= 15 is 0 Å². The monoisotopic (exact) mass is 271 g/mol. The standard InChI is InChI=1S/C14H10ClN3O/c15-11-6-5-9(16)7-13(11)18-8-17-12-4-2-1-3-10(12)14(18)19/h1-8H,16H2. The quantitative estimate of drug-likeness (QED) is 0.692. The first kappa shape index (κ1) is 11.7. The number of hydrogen-bond acceptors (Lipinski definition) is 3. The molecule has 0 fully saturated rings. The van der Waals surface area contributed by atoms with Crippen LogP contribution in [0.1, 0.15) is 0 Å². The molecule has 2 N–H and O–H groups in total. The first-order chi connectivity index (χ1) is 9.16. The number of benzene rings is 2. The zero-order valence-corrected chi connectivity index (χ0v) is 10.6. The third-order valence-corrected chi connectivity index (χ3v) is 3.21. The number of rotatable bonds is 1. The van der Waals surface area contributed by atoms with Crippen LogP contribution < -0.4 is 11.3 Å². The number of aromatic nitrogens is 2. The Morgan fingerprint density at radius 3 is 2.79 bits per heavy atom. The largest absolute Gasteiger partial charge is 0.399 e. The molecule has 0 bridgehead atoms. The number of hydrogen-bond donors (Lipinski definition) is 1. The molecule has 0 amide bonds. The summed E-state index contributed by atoms with van der Waals surface area (Å²) < 4.78 is 1.40. The minimum Gasteiger partial charge on any atom is -0.399 e. The predicted octanol–water partition coefficient (Wildman–Crippen LogP) is 2.62. The molecule has 0 saturated carbocycles. The van der Waals surface area contributed by atoms with Crippen LogP contribution >= 0.6 is 11.6 Å². The highest BCUT2D eigenvalue weighted by Crippen LogP contribution is 2.22. The van der Waals surface area contributed by atoms with E-state index in [2.05, 4.69) is 4.98 Å². The van der Waals surface area contributed by atoms with Gasteiger partial charge in [-0.25, -0.2) is 4.98 Å². The Kier molecular flexibility index (Phi) is 2.72. The van der Waals surface area contributed by atoms with Gasteiger partial charge in [-0.05, 0) is 30.3 Å². The van der Waals surface area contributed by atoms with E-state index < -0.39 is 0 Å². The lowest BCUT2D eigenvalue weighted by Crippen LogP contribution is -2.19. The maximum atomic E-state index is 12.4. The van der Waals surface area contributed by atoms with Gasteiger partial charge in [-0.3, -0.25) is 9.36 Å². The van der Waals surface area contributed by atoms with Gasteiger partial charge in [-0.15, -0.1) is 0 Å². The highest BCUT2D eigenvalue weighted by Gasteiger charge is 2.08. The van der Waals surface area contributed by atoms with Crippen LogP contribution in [0.3, 0.4) is 0 Å². The van der Waals surface area contributed by atoms with Gasteiger partial charge in [-0.2, -0.15) is 0 Å². The molecule has 0 saturated heterocycles. The van der Waals surface area contributed by atoms with Crippen LogP contribution in [0, 0.1) is 0 Å². The molecule has 0 unspecified atom stereocenters. The molecule has 0 atom stereocenters. The molecule has 19 heavy (non-hydrogen) atoms. The van der Waals surface area contributed by atoms with Gasteiger partial charge in [0.15, 0.2) is 0 Å². The molecular weight excluding hydrogens is 262 g/mol. The second-order valence-corrected chi connectivity index (χ2v) is 4.55. The van der Waals surface area contributed by atoms with E-state index in [0.717, 1.165) is 0 Å². The minimum atomic E-state index is -0.168. The number of nitrogens with zero attached hydrogens (tertiary/aromatic N) is 2. The molecule has 2 aromatic carbocycles. The normalized spacial score (nSPS) is 10.8. The minimum absolute atomic E-state index is 0.168. The van der Waals surface area contributed by atoms with Crippen molar-refractivity contribution in [3.8, 4) is 5.69 Å². The topological polar surface area (TPSA) is 60.9 Å². The first-order valence-electron chi connectivity index (χ1n) is 5.68. The molecule has 5 heteroatoms. The fourth-order valence-corrected chi connectivity index (χ4v) is 2.16. The van der Waals surface area contributed by atoms with Crippen molar-refractivity contribution in [3.63, 3.8) is 0 Å². The van der Waals surface area contributed by atoms with E-state index in [9.17, 15) is 4.79 Å². The Hall–Kier alpha value is -2.33. The number of para-hydroxylation sites is 1. The summed E-state index contributed by atoms with van der Waals surface area (Å²) in [6.45, 7) is 0. The van der Waals surface area contributed by atoms with Gasteiger partial charge in [0, 0.05) is 5.69 Å². The highest BCUT2D eigenvalue weighted by atomic mass is 35.5. The zero-order valence-electron chi connectivity index (χ0n) is 9.88. The Balaban J connectivity index is 2.35. The summed E-state index contributed by atoms with van der Waals surface area (Å²) in [5.41, 5.74) is 7.29. The van der Waals surface area contributed by atoms with Crippen molar-refractivity contribution in [1.82, 2.24) is 9.55 Å². The molecule has 3 rings (SSSR count). The van der Waals surface area contributed by atoms with Crippen LogP contribution in [0.15, 0.2) is 53.6 Å².